The molecule has 0 heterocycles. The van der Waals surface area contributed by atoms with E-state index in [9.17, 15) is 0 Å². The third kappa shape index (κ3) is 2130. The van der Waals surface area contributed by atoms with Gasteiger partial charge < -0.3 is 11.8 Å². The zero-order chi connectivity index (χ0) is 7.15. The molecule has 0 unspecified atom stereocenters. The van der Waals surface area contributed by atoms with Gasteiger partial charge in [0.25, 0.3) is 0 Å². The topological polar surface area (TPSA) is 0 Å². The van der Waals surface area contributed by atoms with Crippen molar-refractivity contribution in [2.75, 3.05) is 0 Å². The van der Waals surface area contributed by atoms with E-state index in [2.05, 4.69) is 41.5 Å². The molecule has 0 saturated heterocycles. The van der Waals surface area contributed by atoms with E-state index in [0.29, 0.717) is 0 Å². The Morgan fingerprint density at radius 3 is 0.400 bits per heavy atom. The second-order valence-corrected chi connectivity index (χ2v) is 3.00. The third-order valence-electron chi connectivity index (χ3n) is 0. The molecule has 0 rings (SSSR count). The van der Waals surface area contributed by atoms with Crippen LogP contribution in [0.2, 0.25) is 0 Å². The van der Waals surface area contributed by atoms with Gasteiger partial charge in [-0.25, -0.2) is 0 Å². The summed E-state index contributed by atoms with van der Waals surface area (Å²) in [5.41, 5.74) is 0. The molecule has 0 aliphatic carbocycles. The maximum Gasteiger partial charge on any atom is 0 e. The fourth-order valence-electron chi connectivity index (χ4n) is 0. The zero-order valence-electron chi connectivity index (χ0n) is 7.58. The number of hydrogen-bond donors (Lipinski definition) is 0. The Labute approximate surface area is 130 Å². The molecule has 0 spiro atoms. The van der Waals surface area contributed by atoms with Crippen molar-refractivity contribution in [2.45, 2.75) is 86.1 Å². The summed E-state index contributed by atoms with van der Waals surface area (Å²) in [4.78, 5) is 0. The minimum Gasteiger partial charge on any atom is -0.323 e. The molecule has 0 aromatic carbocycles. The largest absolute Gasteiger partial charge is 0.323 e. The Morgan fingerprint density at radius 1 is 0.400 bits per heavy atom. The molecule has 0 atom stereocenters. The van der Waals surface area contributed by atoms with Crippen LogP contribution in [0.3, 0.4) is 0 Å². The summed E-state index contributed by atoms with van der Waals surface area (Å²) in [5.74, 6) is 2.83. The smallest absolute Gasteiger partial charge is 0 e. The quantitative estimate of drug-likeness (QED) is 0.420. The summed E-state index contributed by atoms with van der Waals surface area (Å²) in [6.45, 7) is 12.5. The Hall–Kier alpha value is 1.10. The van der Waals surface area contributed by atoms with Crippen LogP contribution < -0.4 is 0 Å². The van der Waals surface area contributed by atoms with Crippen molar-refractivity contribution in [3.05, 3.63) is 11.8 Å². The average Bonchev–Trinajstić information content (AvgIpc) is 1.25. The van der Waals surface area contributed by atoms with Crippen molar-refractivity contribution in [1.29, 1.82) is 0 Å². The van der Waals surface area contributed by atoms with Crippen LogP contribution in [-0.4, -0.2) is 0 Å². The minimum atomic E-state index is 0. The van der Waals surface area contributed by atoms with Crippen LogP contribution in [0.5, 0.6) is 0 Å². The number of rotatable bonds is 0. The predicted molar refractivity (Wildman–Crippen MR) is 80.9 cm³/mol. The third-order valence-corrected chi connectivity index (χ3v) is 0. The van der Waals surface area contributed by atoms with E-state index in [1.165, 1.54) is 11.8 Å². The molecule has 0 aliphatic heterocycles. The maximum atomic E-state index is 2.08. The van der Waals surface area contributed by atoms with E-state index in [4.69, 9.17) is 0 Å². The van der Waals surface area contributed by atoms with E-state index in [1.807, 2.05) is 0 Å². The second kappa shape index (κ2) is 59.5. The average molecular weight is 299 g/mol. The molecule has 1 radical (unpaired) electrons. The molecule has 1 heteroatoms. The zero-order valence-corrected chi connectivity index (χ0v) is 10.4. The van der Waals surface area contributed by atoms with Crippen LogP contribution in [0.15, 0.2) is 0 Å². The Bertz CT molecular complexity index is 20.8. The van der Waals surface area contributed by atoms with Crippen LogP contribution in [0.25, 0.3) is 0 Å². The molecular formula is C14H42Y-2. The first-order valence-corrected chi connectivity index (χ1v) is 3.00. The molecule has 0 aromatic rings. The first-order valence-electron chi connectivity index (χ1n) is 3.00. The molecule has 0 aliphatic rings. The van der Waals surface area contributed by atoms with Crippen molar-refractivity contribution in [1.82, 2.24) is 0 Å². The standard InChI is InChI=1S/2C4H9.6CH4.Y/c2*1-4(2)3;;;;;;;/h2*1-3H3;6*1H4;/q2*-1;;;;;;;. The fraction of sp³-hybridized carbons (Fsp3) is 0.857. The fourth-order valence-corrected chi connectivity index (χ4v) is 0. The van der Waals surface area contributed by atoms with E-state index in [-0.39, 0.29) is 77.3 Å². The van der Waals surface area contributed by atoms with Crippen LogP contribution in [-0.2, 0) is 32.7 Å². The van der Waals surface area contributed by atoms with Crippen LogP contribution in [0, 0.1) is 11.8 Å². The Kier molecular flexibility index (Phi) is 289. The van der Waals surface area contributed by atoms with Crippen LogP contribution in [0.1, 0.15) is 86.1 Å². The van der Waals surface area contributed by atoms with Gasteiger partial charge in [-0.3, -0.25) is 0 Å². The van der Waals surface area contributed by atoms with E-state index in [1.54, 1.807) is 0 Å². The predicted octanol–water partition coefficient (Wildman–Crippen LogP) is 7.06. The second-order valence-electron chi connectivity index (χ2n) is 3.00. The SMILES string of the molecule is C.C.C.C.C.C.C[C-](C)C.C[C-](C)C.[Y]. The molecule has 0 nitrogen and oxygen atoms in total. The van der Waals surface area contributed by atoms with Crippen molar-refractivity contribution >= 4 is 0 Å². The summed E-state index contributed by atoms with van der Waals surface area (Å²) in [7, 11) is 0. The van der Waals surface area contributed by atoms with Crippen LogP contribution in [0.4, 0.5) is 0 Å². The van der Waals surface area contributed by atoms with E-state index >= 15 is 0 Å². The van der Waals surface area contributed by atoms with Crippen molar-refractivity contribution in [3.8, 4) is 0 Å². The van der Waals surface area contributed by atoms with Gasteiger partial charge in [-0.15, -0.1) is 0 Å². The van der Waals surface area contributed by atoms with Gasteiger partial charge in [0.1, 0.15) is 0 Å². The molecule has 0 aromatic heterocycles. The molecule has 0 saturated carbocycles. The molecule has 0 fully saturated rings. The van der Waals surface area contributed by atoms with Gasteiger partial charge in [0.2, 0.25) is 0 Å². The van der Waals surface area contributed by atoms with Gasteiger partial charge in [-0.1, -0.05) is 44.6 Å². The van der Waals surface area contributed by atoms with Gasteiger partial charge in [-0.2, -0.15) is 41.5 Å². The molecule has 0 bridgehead atoms. The summed E-state index contributed by atoms with van der Waals surface area (Å²) in [6.07, 6.45) is 0. The first kappa shape index (κ1) is 72.8. The summed E-state index contributed by atoms with van der Waals surface area (Å²) in [6, 6.07) is 0. The van der Waals surface area contributed by atoms with E-state index in [0.717, 1.165) is 0 Å². The van der Waals surface area contributed by atoms with Crippen molar-refractivity contribution in [3.63, 3.8) is 0 Å². The monoisotopic (exact) mass is 299 g/mol. The minimum absolute atomic E-state index is 0. The number of hydrogen-bond acceptors (Lipinski definition) is 0. The van der Waals surface area contributed by atoms with E-state index < -0.39 is 0 Å². The van der Waals surface area contributed by atoms with Crippen LogP contribution >= 0.6 is 0 Å². The summed E-state index contributed by atoms with van der Waals surface area (Å²) >= 11 is 0. The van der Waals surface area contributed by atoms with Crippen molar-refractivity contribution in [2.24, 2.45) is 0 Å². The molecule has 0 N–H and O–H groups in total. The molecule has 15 heavy (non-hydrogen) atoms. The summed E-state index contributed by atoms with van der Waals surface area (Å²) < 4.78 is 0. The molecule has 103 valence electrons. The van der Waals surface area contributed by atoms with Gasteiger partial charge in [0, 0.05) is 32.7 Å². The normalized spacial score (nSPS) is 4.80. The van der Waals surface area contributed by atoms with Crippen molar-refractivity contribution < 1.29 is 32.7 Å². The maximum absolute atomic E-state index is 2.08. The summed E-state index contributed by atoms with van der Waals surface area (Å²) in [5, 5.41) is 0. The van der Waals surface area contributed by atoms with Gasteiger partial charge in [0.05, 0.1) is 0 Å². The first-order chi connectivity index (χ1) is 3.46. The van der Waals surface area contributed by atoms with Gasteiger partial charge >= 0.3 is 0 Å². The Morgan fingerprint density at radius 2 is 0.400 bits per heavy atom. The van der Waals surface area contributed by atoms with Gasteiger partial charge in [0.15, 0.2) is 0 Å². The van der Waals surface area contributed by atoms with Gasteiger partial charge in [-0.05, 0) is 0 Å². The molecule has 0 amide bonds. The Balaban J connectivity index is -0.00000000468. The molecular weight excluding hydrogens is 257 g/mol.